The number of nitrogens with one attached hydrogen (secondary N) is 2. The van der Waals surface area contributed by atoms with E-state index in [1.165, 1.54) is 12.1 Å². The van der Waals surface area contributed by atoms with E-state index in [1.807, 2.05) is 24.5 Å². The summed E-state index contributed by atoms with van der Waals surface area (Å²) in [4.78, 5) is 39.8. The van der Waals surface area contributed by atoms with Crippen LogP contribution in [0.2, 0.25) is 0 Å². The number of piperidine rings is 1. The van der Waals surface area contributed by atoms with Gasteiger partial charge in [-0.25, -0.2) is 9.18 Å². The summed E-state index contributed by atoms with van der Waals surface area (Å²) in [7, 11) is 0. The van der Waals surface area contributed by atoms with Crippen molar-refractivity contribution in [3.63, 3.8) is 0 Å². The second-order valence-corrected chi connectivity index (χ2v) is 9.80. The van der Waals surface area contributed by atoms with Gasteiger partial charge in [0.1, 0.15) is 11.9 Å². The molecule has 32 heavy (non-hydrogen) atoms. The van der Waals surface area contributed by atoms with Gasteiger partial charge in [0.15, 0.2) is 0 Å². The van der Waals surface area contributed by atoms with Crippen LogP contribution in [0.3, 0.4) is 0 Å². The largest absolute Gasteiger partial charge is 0.326 e. The van der Waals surface area contributed by atoms with Crippen LogP contribution in [-0.2, 0) is 11.3 Å². The fraction of sp³-hybridized carbons (Fsp3) is 0.435. The van der Waals surface area contributed by atoms with Crippen LogP contribution in [0.25, 0.3) is 0 Å². The number of likely N-dealkylation sites (tertiary alicyclic amines) is 1. The molecule has 2 aliphatic heterocycles. The number of halogens is 2. The molecule has 1 aromatic carbocycles. The van der Waals surface area contributed by atoms with E-state index in [0.29, 0.717) is 24.1 Å². The van der Waals surface area contributed by atoms with Crippen LogP contribution < -0.4 is 16.2 Å². The molecule has 2 aliphatic rings. The van der Waals surface area contributed by atoms with Crippen molar-refractivity contribution in [2.45, 2.75) is 38.8 Å². The van der Waals surface area contributed by atoms with Crippen molar-refractivity contribution in [1.29, 1.82) is 0 Å². The van der Waals surface area contributed by atoms with Crippen molar-refractivity contribution in [3.8, 4) is 0 Å². The fourth-order valence-corrected chi connectivity index (χ4v) is 4.96. The fourth-order valence-electron chi connectivity index (χ4n) is 4.62. The van der Waals surface area contributed by atoms with E-state index in [2.05, 4.69) is 26.6 Å². The van der Waals surface area contributed by atoms with Gasteiger partial charge in [-0.15, -0.1) is 0 Å². The summed E-state index contributed by atoms with van der Waals surface area (Å²) < 4.78 is 16.5. The van der Waals surface area contributed by atoms with Crippen LogP contribution in [0.15, 0.2) is 45.7 Å². The van der Waals surface area contributed by atoms with E-state index in [9.17, 15) is 18.8 Å². The molecule has 0 saturated carbocycles. The Kier molecular flexibility index (Phi) is 6.37. The Balaban J connectivity index is 1.45. The van der Waals surface area contributed by atoms with Crippen LogP contribution in [-0.4, -0.2) is 40.5 Å². The Morgan fingerprint density at radius 1 is 1.16 bits per heavy atom. The summed E-state index contributed by atoms with van der Waals surface area (Å²) in [6, 6.07) is 8.51. The van der Waals surface area contributed by atoms with E-state index in [0.717, 1.165) is 12.1 Å². The number of aromatic nitrogens is 1. The second kappa shape index (κ2) is 9.05. The molecule has 170 valence electrons. The minimum atomic E-state index is -0.817. The minimum Gasteiger partial charge on any atom is -0.326 e. The second-order valence-electron chi connectivity index (χ2n) is 8.89. The number of urea groups is 1. The lowest BCUT2D eigenvalue weighted by molar-refractivity contribution is -0.118. The van der Waals surface area contributed by atoms with E-state index in [-0.39, 0.29) is 35.0 Å². The van der Waals surface area contributed by atoms with Crippen LogP contribution in [0.4, 0.5) is 14.9 Å². The Labute approximate surface area is 194 Å². The molecular formula is C23H26BrFN4O3. The van der Waals surface area contributed by atoms with Gasteiger partial charge in [-0.1, -0.05) is 35.8 Å². The zero-order chi connectivity index (χ0) is 23.0. The molecule has 4 rings (SSSR count). The summed E-state index contributed by atoms with van der Waals surface area (Å²) in [5.74, 6) is -0.940. The quantitative estimate of drug-likeness (QED) is 0.667. The van der Waals surface area contributed by atoms with Gasteiger partial charge in [0, 0.05) is 41.8 Å². The lowest BCUT2D eigenvalue weighted by atomic mass is 9.83. The number of anilines is 1. The van der Waals surface area contributed by atoms with Crippen molar-refractivity contribution in [2.75, 3.05) is 18.4 Å². The van der Waals surface area contributed by atoms with Gasteiger partial charge in [0.2, 0.25) is 5.91 Å². The lowest BCUT2D eigenvalue weighted by Gasteiger charge is -2.43. The van der Waals surface area contributed by atoms with E-state index in [1.54, 1.807) is 23.1 Å². The molecule has 0 spiro atoms. The molecule has 3 amide bonds. The van der Waals surface area contributed by atoms with E-state index >= 15 is 0 Å². The Morgan fingerprint density at radius 2 is 1.94 bits per heavy atom. The highest BCUT2D eigenvalue weighted by Gasteiger charge is 2.37. The summed E-state index contributed by atoms with van der Waals surface area (Å²) in [5.41, 5.74) is 1.01. The zero-order valence-electron chi connectivity index (χ0n) is 18.0. The van der Waals surface area contributed by atoms with Crippen LogP contribution in [0, 0.1) is 17.7 Å². The highest BCUT2D eigenvalue weighted by atomic mass is 79.9. The number of fused-ring (bicyclic) bond motifs is 4. The molecular weight excluding hydrogens is 479 g/mol. The van der Waals surface area contributed by atoms with Gasteiger partial charge in [0.25, 0.3) is 5.56 Å². The molecule has 2 N–H and O–H groups in total. The molecule has 2 bridgehead atoms. The maximum absolute atomic E-state index is 14.1. The van der Waals surface area contributed by atoms with E-state index < -0.39 is 17.8 Å². The first kappa shape index (κ1) is 22.5. The number of nitrogens with zero attached hydrogens (tertiary/aromatic N) is 2. The molecule has 9 heteroatoms. The minimum absolute atomic E-state index is 0.00758. The maximum Gasteiger partial charge on any atom is 0.318 e. The van der Waals surface area contributed by atoms with Crippen LogP contribution in [0.1, 0.15) is 31.9 Å². The van der Waals surface area contributed by atoms with Gasteiger partial charge >= 0.3 is 6.03 Å². The first-order valence-corrected chi connectivity index (χ1v) is 11.5. The molecule has 0 radical (unpaired) electrons. The average Bonchev–Trinajstić information content (AvgIpc) is 2.74. The number of pyridine rings is 1. The molecule has 3 heterocycles. The molecule has 1 saturated heterocycles. The van der Waals surface area contributed by atoms with E-state index in [4.69, 9.17) is 0 Å². The Morgan fingerprint density at radius 3 is 2.66 bits per heavy atom. The highest BCUT2D eigenvalue weighted by molar-refractivity contribution is 9.10. The number of carbonyl (C=O) groups is 2. The van der Waals surface area contributed by atoms with Crippen molar-refractivity contribution < 1.29 is 14.0 Å². The lowest BCUT2D eigenvalue weighted by Crippen LogP contribution is -2.56. The molecule has 1 fully saturated rings. The van der Waals surface area contributed by atoms with Gasteiger partial charge in [0.05, 0.1) is 5.69 Å². The third-order valence-corrected chi connectivity index (χ3v) is 6.68. The molecule has 0 aliphatic carbocycles. The monoisotopic (exact) mass is 504 g/mol. The standard InChI is InChI=1S/C23H26BrFN4O3/c1-13(2)21(22(31)26-18-7-6-16(24)9-17(18)25)27-23(32)28-10-14-8-15(12-28)19-4-3-5-20(30)29(19)11-14/h3-7,9,13-15,21H,8,10-12H2,1-2H3,(H,26,31)(H,27,32)/t14-,15-,21-/m0/s1. The Hall–Kier alpha value is -2.68. The van der Waals surface area contributed by atoms with Crippen molar-refractivity contribution in [1.82, 2.24) is 14.8 Å². The average molecular weight is 505 g/mol. The zero-order valence-corrected chi connectivity index (χ0v) is 19.6. The van der Waals surface area contributed by atoms with Crippen LogP contribution >= 0.6 is 15.9 Å². The van der Waals surface area contributed by atoms with Crippen LogP contribution in [0.5, 0.6) is 0 Å². The summed E-state index contributed by atoms with van der Waals surface area (Å²) in [6.45, 7) is 5.26. The van der Waals surface area contributed by atoms with Crippen molar-refractivity contribution >= 4 is 33.6 Å². The highest BCUT2D eigenvalue weighted by Crippen LogP contribution is 2.35. The summed E-state index contributed by atoms with van der Waals surface area (Å²) in [6.07, 6.45) is 0.935. The summed E-state index contributed by atoms with van der Waals surface area (Å²) in [5, 5.41) is 5.42. The van der Waals surface area contributed by atoms with Crippen molar-refractivity contribution in [2.24, 2.45) is 11.8 Å². The number of amides is 3. The first-order chi connectivity index (χ1) is 15.2. The number of hydrogen-bond donors (Lipinski definition) is 2. The predicted molar refractivity (Wildman–Crippen MR) is 123 cm³/mol. The van der Waals surface area contributed by atoms with Gasteiger partial charge in [-0.2, -0.15) is 0 Å². The van der Waals surface area contributed by atoms with Gasteiger partial charge in [-0.3, -0.25) is 9.59 Å². The molecule has 2 aromatic rings. The Bertz CT molecular complexity index is 1100. The molecule has 3 atom stereocenters. The predicted octanol–water partition coefficient (Wildman–Crippen LogP) is 3.54. The molecule has 7 nitrogen and oxygen atoms in total. The SMILES string of the molecule is CC(C)[C@H](NC(=O)N1C[C@@H]2C[C@@H](C1)c1cccc(=O)n1C2)C(=O)Nc1ccc(Br)cc1F. The van der Waals surface area contributed by atoms with Gasteiger partial charge in [-0.05, 0) is 42.5 Å². The molecule has 1 aromatic heterocycles. The topological polar surface area (TPSA) is 83.4 Å². The summed E-state index contributed by atoms with van der Waals surface area (Å²) >= 11 is 3.19. The third kappa shape index (κ3) is 4.57. The number of benzene rings is 1. The maximum atomic E-state index is 14.1. The smallest absolute Gasteiger partial charge is 0.318 e. The third-order valence-electron chi connectivity index (χ3n) is 6.18. The van der Waals surface area contributed by atoms with Gasteiger partial charge < -0.3 is 20.1 Å². The number of rotatable bonds is 4. The number of hydrogen-bond acceptors (Lipinski definition) is 3. The number of carbonyl (C=O) groups excluding carboxylic acids is 2. The normalized spacial score (nSPS) is 20.5. The first-order valence-electron chi connectivity index (χ1n) is 10.7. The molecule has 0 unspecified atom stereocenters. The van der Waals surface area contributed by atoms with Crippen molar-refractivity contribution in [3.05, 3.63) is 62.7 Å².